The predicted octanol–water partition coefficient (Wildman–Crippen LogP) is 9.05. The van der Waals surface area contributed by atoms with Crippen molar-refractivity contribution in [1.29, 1.82) is 0 Å². The molecule has 238 valence electrons. The number of fused-ring (bicyclic) bond motifs is 7. The molecule has 0 fully saturated rings. The Kier molecular flexibility index (Phi) is 6.94. The van der Waals surface area contributed by atoms with E-state index in [0.717, 1.165) is 43.1 Å². The summed E-state index contributed by atoms with van der Waals surface area (Å²) in [7, 11) is 0. The summed E-state index contributed by atoms with van der Waals surface area (Å²) in [6.07, 6.45) is 28.8. The van der Waals surface area contributed by atoms with Crippen molar-refractivity contribution in [2.24, 2.45) is 0 Å². The Morgan fingerprint density at radius 2 is 1.65 bits per heavy atom. The molecular formula is C46H37NOS. The summed E-state index contributed by atoms with van der Waals surface area (Å²) in [6, 6.07) is 31.2. The van der Waals surface area contributed by atoms with Crippen LogP contribution in [0.4, 0.5) is 0 Å². The molecule has 2 nitrogen and oxygen atoms in total. The van der Waals surface area contributed by atoms with Crippen LogP contribution >= 0.6 is 11.3 Å². The van der Waals surface area contributed by atoms with E-state index in [-0.39, 0.29) is 6.04 Å². The highest BCUT2D eigenvalue weighted by molar-refractivity contribution is 7.17. The number of rotatable bonds is 5. The standard InChI is InChI=1S/C46H37NOS/c1-2-11-32(12-3-1)37-15-9-19-44-45(37)40-16-8-17-41(46(40)49-44)47(36-26-27-39-38-14-6-7-18-42(38)48-43(39)29-36)35-24-22-31(23-25-35)34-21-20-30-10-4-5-13-33(30)28-34/h1-7,9-11,13-16,18-22,24-25,27-29,31-32,36H,8,12,17,23,26H2. The Morgan fingerprint density at radius 1 is 0.735 bits per heavy atom. The lowest BCUT2D eigenvalue weighted by molar-refractivity contribution is 0.421. The minimum atomic E-state index is 0.165. The van der Waals surface area contributed by atoms with Crippen LogP contribution in [0.3, 0.4) is 0 Å². The van der Waals surface area contributed by atoms with Crippen LogP contribution in [0.25, 0.3) is 55.8 Å². The van der Waals surface area contributed by atoms with Gasteiger partial charge in [0.1, 0.15) is 11.0 Å². The van der Waals surface area contributed by atoms with Crippen LogP contribution in [-0.2, 0) is 0 Å². The monoisotopic (exact) mass is 651 g/mol. The Bertz CT molecular complexity index is 2680. The van der Waals surface area contributed by atoms with Gasteiger partial charge in [0.25, 0.3) is 0 Å². The molecule has 3 atom stereocenters. The van der Waals surface area contributed by atoms with Gasteiger partial charge in [-0.05, 0) is 83.5 Å². The van der Waals surface area contributed by atoms with Crippen LogP contribution in [0.15, 0.2) is 138 Å². The molecular weight excluding hydrogens is 615 g/mol. The number of hydrogen-bond acceptors (Lipinski definition) is 3. The van der Waals surface area contributed by atoms with Gasteiger partial charge in [0.15, 0.2) is 0 Å². The van der Waals surface area contributed by atoms with Crippen LogP contribution in [0.1, 0.15) is 55.1 Å². The number of furan rings is 1. The van der Waals surface area contributed by atoms with Crippen LogP contribution in [0.2, 0.25) is 0 Å². The third-order valence-corrected chi connectivity index (χ3v) is 12.1. The highest BCUT2D eigenvalue weighted by Gasteiger charge is 2.28. The van der Waals surface area contributed by atoms with Crippen LogP contribution in [-0.4, -0.2) is 10.9 Å². The summed E-state index contributed by atoms with van der Waals surface area (Å²) >= 11 is 1.98. The molecule has 0 aliphatic heterocycles. The highest BCUT2D eigenvalue weighted by Crippen LogP contribution is 2.36. The van der Waals surface area contributed by atoms with Gasteiger partial charge >= 0.3 is 0 Å². The third-order valence-electron chi connectivity index (χ3n) is 10.9. The van der Waals surface area contributed by atoms with Gasteiger partial charge in [0, 0.05) is 43.9 Å². The minimum absolute atomic E-state index is 0.165. The summed E-state index contributed by atoms with van der Waals surface area (Å²) in [5, 5.41) is 7.94. The molecule has 0 amide bonds. The molecule has 0 bridgehead atoms. The number of thiophene rings is 1. The molecule has 3 unspecified atom stereocenters. The quantitative estimate of drug-likeness (QED) is 0.185. The van der Waals surface area contributed by atoms with E-state index in [4.69, 9.17) is 4.42 Å². The van der Waals surface area contributed by atoms with Crippen molar-refractivity contribution in [2.45, 2.75) is 50.0 Å². The molecule has 2 heterocycles. The Labute approximate surface area is 290 Å². The number of nitrogens with zero attached hydrogens (tertiary/aromatic N) is 1. The number of benzene rings is 4. The summed E-state index contributed by atoms with van der Waals surface area (Å²) < 4.78 is 9.30. The predicted molar refractivity (Wildman–Crippen MR) is 207 cm³/mol. The van der Waals surface area contributed by atoms with Gasteiger partial charge in [-0.2, -0.15) is 0 Å². The molecule has 0 saturated heterocycles. The van der Waals surface area contributed by atoms with Crippen molar-refractivity contribution in [3.63, 3.8) is 0 Å². The Morgan fingerprint density at radius 3 is 2.55 bits per heavy atom. The smallest absolute Gasteiger partial charge is 0.135 e. The van der Waals surface area contributed by atoms with E-state index in [1.807, 2.05) is 11.3 Å². The second-order valence-corrected chi connectivity index (χ2v) is 14.8. The van der Waals surface area contributed by atoms with E-state index in [2.05, 4.69) is 151 Å². The van der Waals surface area contributed by atoms with Gasteiger partial charge in [-0.3, -0.25) is 0 Å². The molecule has 0 N–H and O–H groups in total. The fourth-order valence-electron chi connectivity index (χ4n) is 8.53. The van der Waals surface area contributed by atoms with Gasteiger partial charge in [0.2, 0.25) is 0 Å². The average molecular weight is 652 g/mol. The fraction of sp³-hybridized carbons (Fsp3) is 0.174. The van der Waals surface area contributed by atoms with Gasteiger partial charge in [-0.15, -0.1) is 11.3 Å². The number of hydrogen-bond donors (Lipinski definition) is 0. The summed E-state index contributed by atoms with van der Waals surface area (Å²) in [5.41, 5.74) is 7.54. The van der Waals surface area contributed by atoms with E-state index in [0.29, 0.717) is 11.8 Å². The topological polar surface area (TPSA) is 16.4 Å². The van der Waals surface area contributed by atoms with Crippen LogP contribution in [0, 0.1) is 0 Å². The molecule has 4 aromatic carbocycles. The second-order valence-electron chi connectivity index (χ2n) is 13.8. The van der Waals surface area contributed by atoms with Crippen LogP contribution in [0.5, 0.6) is 0 Å². The zero-order chi connectivity index (χ0) is 32.3. The largest absolute Gasteiger partial charge is 0.456 e. The zero-order valence-corrected chi connectivity index (χ0v) is 28.2. The first-order chi connectivity index (χ1) is 24.3. The first kappa shape index (κ1) is 28.9. The normalized spacial score (nSPS) is 21.2. The van der Waals surface area contributed by atoms with E-state index >= 15 is 0 Å². The second kappa shape index (κ2) is 11.8. The molecule has 0 spiro atoms. The van der Waals surface area contributed by atoms with Gasteiger partial charge < -0.3 is 9.32 Å². The molecule has 10 rings (SSSR count). The summed E-state index contributed by atoms with van der Waals surface area (Å²) in [4.78, 5) is 2.67. The lowest BCUT2D eigenvalue weighted by Crippen LogP contribution is -2.41. The maximum absolute atomic E-state index is 6.48. The fourth-order valence-corrected chi connectivity index (χ4v) is 9.84. The molecule has 3 heteroatoms. The first-order valence-electron chi connectivity index (χ1n) is 17.7. The Hall–Kier alpha value is -5.12. The highest BCUT2D eigenvalue weighted by atomic mass is 32.1. The van der Waals surface area contributed by atoms with E-state index in [1.54, 1.807) is 0 Å². The SMILES string of the molecule is C1=CCC(c2cccc3sc4c(c23)=CCCC=4N(C2=CCC(c3ccc4ccccc4c3)C=C2)C2C=c3oc4ccccc4c3=CC2)C=C1. The molecule has 4 aliphatic carbocycles. The van der Waals surface area contributed by atoms with Crippen molar-refractivity contribution < 1.29 is 4.42 Å². The maximum atomic E-state index is 6.48. The molecule has 6 aromatic rings. The average Bonchev–Trinajstić information content (AvgIpc) is 3.74. The number of allylic oxidation sites excluding steroid dienone is 7. The van der Waals surface area contributed by atoms with Gasteiger partial charge in [0.05, 0.1) is 10.6 Å². The first-order valence-corrected chi connectivity index (χ1v) is 18.5. The van der Waals surface area contributed by atoms with Crippen molar-refractivity contribution in [3.05, 3.63) is 165 Å². The Balaban J connectivity index is 1.12. The molecule has 0 radical (unpaired) electrons. The minimum Gasteiger partial charge on any atom is -0.456 e. The van der Waals surface area contributed by atoms with Crippen LogP contribution < -0.4 is 20.4 Å². The van der Waals surface area contributed by atoms with Crippen molar-refractivity contribution >= 4 is 67.1 Å². The summed E-state index contributed by atoms with van der Waals surface area (Å²) in [5.74, 6) is 0.787. The lowest BCUT2D eigenvalue weighted by Gasteiger charge is -2.37. The molecule has 0 saturated carbocycles. The number of para-hydroxylation sites is 1. The van der Waals surface area contributed by atoms with Gasteiger partial charge in [-0.25, -0.2) is 0 Å². The summed E-state index contributed by atoms with van der Waals surface area (Å²) in [6.45, 7) is 0. The van der Waals surface area contributed by atoms with Crippen molar-refractivity contribution in [3.8, 4) is 0 Å². The molecule has 49 heavy (non-hydrogen) atoms. The van der Waals surface area contributed by atoms with E-state index in [9.17, 15) is 0 Å². The lowest BCUT2D eigenvalue weighted by atomic mass is 9.88. The third kappa shape index (κ3) is 4.90. The zero-order valence-electron chi connectivity index (χ0n) is 27.4. The van der Waals surface area contributed by atoms with Gasteiger partial charge in [-0.1, -0.05) is 121 Å². The van der Waals surface area contributed by atoms with Crippen molar-refractivity contribution in [1.82, 2.24) is 4.90 Å². The van der Waals surface area contributed by atoms with E-state index in [1.165, 1.54) is 63.7 Å². The maximum Gasteiger partial charge on any atom is 0.135 e. The molecule has 4 aliphatic rings. The van der Waals surface area contributed by atoms with E-state index < -0.39 is 0 Å². The van der Waals surface area contributed by atoms with Crippen molar-refractivity contribution in [2.75, 3.05) is 0 Å². The molecule has 2 aromatic heterocycles.